The van der Waals surface area contributed by atoms with E-state index in [1.807, 2.05) is 30.4 Å². The van der Waals surface area contributed by atoms with Gasteiger partial charge in [0.1, 0.15) is 11.4 Å². The van der Waals surface area contributed by atoms with E-state index in [1.165, 1.54) is 12.1 Å². The van der Waals surface area contributed by atoms with Crippen molar-refractivity contribution in [2.45, 2.75) is 37.2 Å². The Bertz CT molecular complexity index is 1020. The molecule has 1 saturated heterocycles. The number of fused-ring (bicyclic) bond motifs is 1. The maximum absolute atomic E-state index is 14.0. The first-order valence-electron chi connectivity index (χ1n) is 10.6. The van der Waals surface area contributed by atoms with Gasteiger partial charge in [-0.2, -0.15) is 0 Å². The fourth-order valence-electron chi connectivity index (χ4n) is 5.56. The molecule has 1 amide bonds. The van der Waals surface area contributed by atoms with Gasteiger partial charge < -0.3 is 10.1 Å². The smallest absolute Gasteiger partial charge is 0.407 e. The minimum atomic E-state index is -2.65. The van der Waals surface area contributed by atoms with Crippen LogP contribution in [-0.2, 0) is 4.74 Å². The van der Waals surface area contributed by atoms with E-state index >= 15 is 0 Å². The Morgan fingerprint density at radius 1 is 1.16 bits per heavy atom. The van der Waals surface area contributed by atoms with Crippen LogP contribution in [-0.4, -0.2) is 29.1 Å². The number of hydrogen-bond donors (Lipinski definition) is 1. The van der Waals surface area contributed by atoms with Crippen molar-refractivity contribution in [2.24, 2.45) is 17.8 Å². The molecule has 4 nitrogen and oxygen atoms in total. The molecule has 2 aromatic rings. The first-order valence-corrected chi connectivity index (χ1v) is 10.6. The molecule has 3 fully saturated rings. The van der Waals surface area contributed by atoms with Gasteiger partial charge in [-0.3, -0.25) is 4.98 Å². The van der Waals surface area contributed by atoms with Gasteiger partial charge in [0.05, 0.1) is 12.2 Å². The molecule has 31 heavy (non-hydrogen) atoms. The standard InChI is InChI=1S/C24H23F3N2O2/c25-18-3-1-2-15(10-18)16-4-5-19(28-13-16)6-7-21-20-8-9-24(26,27)12-17(20)11-23(21)14-29-22(30)31-23/h1-7,10,13,17,20-21H,8-9,11-12,14H2,(H,29,30)/t17-,20-,21+,23?/m0/s1. The number of nitrogens with zero attached hydrogens (tertiary/aromatic N) is 1. The van der Waals surface area contributed by atoms with E-state index in [9.17, 15) is 18.0 Å². The second kappa shape index (κ2) is 7.39. The van der Waals surface area contributed by atoms with Crippen LogP contribution in [0.2, 0.25) is 0 Å². The Morgan fingerprint density at radius 2 is 2.03 bits per heavy atom. The first kappa shape index (κ1) is 20.1. The summed E-state index contributed by atoms with van der Waals surface area (Å²) >= 11 is 0. The number of carbonyl (C=O) groups excluding carboxylic acids is 1. The van der Waals surface area contributed by atoms with Crippen LogP contribution in [0, 0.1) is 23.6 Å². The van der Waals surface area contributed by atoms with Gasteiger partial charge in [-0.1, -0.05) is 24.3 Å². The monoisotopic (exact) mass is 428 g/mol. The van der Waals surface area contributed by atoms with Crippen LogP contribution in [0.4, 0.5) is 18.0 Å². The quantitative estimate of drug-likeness (QED) is 0.707. The average molecular weight is 428 g/mol. The molecule has 5 rings (SSSR count). The van der Waals surface area contributed by atoms with Crippen molar-refractivity contribution in [1.82, 2.24) is 10.3 Å². The number of amides is 1. The third kappa shape index (κ3) is 3.82. The van der Waals surface area contributed by atoms with E-state index in [1.54, 1.807) is 12.3 Å². The van der Waals surface area contributed by atoms with E-state index in [0.29, 0.717) is 25.1 Å². The summed E-state index contributed by atoms with van der Waals surface area (Å²) in [6.45, 7) is 0.339. The second-order valence-electron chi connectivity index (χ2n) is 8.90. The summed E-state index contributed by atoms with van der Waals surface area (Å²) in [6.07, 6.45) is 5.62. The maximum atomic E-state index is 14.0. The Morgan fingerprint density at radius 3 is 2.74 bits per heavy atom. The molecule has 1 N–H and O–H groups in total. The summed E-state index contributed by atoms with van der Waals surface area (Å²) in [5, 5.41) is 2.71. The molecule has 1 aliphatic heterocycles. The van der Waals surface area contributed by atoms with Crippen molar-refractivity contribution in [3.05, 3.63) is 60.2 Å². The topological polar surface area (TPSA) is 51.2 Å². The lowest BCUT2D eigenvalue weighted by atomic mass is 9.75. The number of halogens is 3. The van der Waals surface area contributed by atoms with Crippen molar-refractivity contribution >= 4 is 12.2 Å². The minimum absolute atomic E-state index is 0.0511. The molecule has 4 atom stereocenters. The highest BCUT2D eigenvalue weighted by Crippen LogP contribution is 2.56. The first-order chi connectivity index (χ1) is 14.8. The molecule has 1 spiro atoms. The number of nitrogens with one attached hydrogen (secondary N) is 1. The SMILES string of the molecule is O=C1NCC2(C[C@H]3CC(F)(F)CC[C@@H]3[C@H]2C=Cc2ccc(-c3cccc(F)c3)cn2)O1. The highest BCUT2D eigenvalue weighted by atomic mass is 19.3. The number of aromatic nitrogens is 1. The van der Waals surface area contributed by atoms with Crippen LogP contribution >= 0.6 is 0 Å². The molecule has 3 aliphatic rings. The third-order valence-electron chi connectivity index (χ3n) is 6.93. The Hall–Kier alpha value is -2.83. The number of alkyl carbamates (subject to hydrolysis) is 1. The lowest BCUT2D eigenvalue weighted by Crippen LogP contribution is -2.38. The van der Waals surface area contributed by atoms with Crippen molar-refractivity contribution in [3.63, 3.8) is 0 Å². The molecule has 2 heterocycles. The lowest BCUT2D eigenvalue weighted by Gasteiger charge is -2.34. The summed E-state index contributed by atoms with van der Waals surface area (Å²) in [4.78, 5) is 16.3. The number of carbonyl (C=O) groups is 1. The summed E-state index contributed by atoms with van der Waals surface area (Å²) in [7, 11) is 0. The third-order valence-corrected chi connectivity index (χ3v) is 6.93. The van der Waals surface area contributed by atoms with Crippen molar-refractivity contribution in [3.8, 4) is 11.1 Å². The Labute approximate surface area is 178 Å². The fraction of sp³-hybridized carbons (Fsp3) is 0.417. The number of benzene rings is 1. The number of hydrogen-bond acceptors (Lipinski definition) is 3. The maximum Gasteiger partial charge on any atom is 0.407 e. The molecule has 7 heteroatoms. The van der Waals surface area contributed by atoms with Crippen LogP contribution in [0.15, 0.2) is 48.7 Å². The number of alkyl halides is 2. The van der Waals surface area contributed by atoms with Gasteiger partial charge in [0.25, 0.3) is 0 Å². The number of rotatable bonds is 3. The summed E-state index contributed by atoms with van der Waals surface area (Å²) in [5.74, 6) is -3.21. The molecular formula is C24H23F3N2O2. The second-order valence-corrected chi connectivity index (χ2v) is 8.90. The molecule has 2 aliphatic carbocycles. The van der Waals surface area contributed by atoms with Gasteiger partial charge in [0.15, 0.2) is 0 Å². The molecule has 0 radical (unpaired) electrons. The van der Waals surface area contributed by atoms with Gasteiger partial charge in [0.2, 0.25) is 5.92 Å². The zero-order valence-corrected chi connectivity index (χ0v) is 16.9. The van der Waals surface area contributed by atoms with Crippen LogP contribution < -0.4 is 5.32 Å². The van der Waals surface area contributed by atoms with E-state index in [2.05, 4.69) is 10.3 Å². The fourth-order valence-corrected chi connectivity index (χ4v) is 5.56. The van der Waals surface area contributed by atoms with E-state index in [4.69, 9.17) is 4.74 Å². The predicted molar refractivity (Wildman–Crippen MR) is 110 cm³/mol. The highest BCUT2D eigenvalue weighted by Gasteiger charge is 2.60. The van der Waals surface area contributed by atoms with E-state index < -0.39 is 17.6 Å². The average Bonchev–Trinajstić information content (AvgIpc) is 3.24. The molecule has 2 saturated carbocycles. The summed E-state index contributed by atoms with van der Waals surface area (Å²) in [6, 6.07) is 10.0. The molecule has 1 aromatic heterocycles. The van der Waals surface area contributed by atoms with Gasteiger partial charge in [0, 0.05) is 30.5 Å². The van der Waals surface area contributed by atoms with Crippen LogP contribution in [0.5, 0.6) is 0 Å². The van der Waals surface area contributed by atoms with Gasteiger partial charge in [-0.15, -0.1) is 0 Å². The Balaban J connectivity index is 1.39. The number of ether oxygens (including phenoxy) is 1. The zero-order chi connectivity index (χ0) is 21.6. The normalized spacial score (nSPS) is 31.6. The molecule has 0 bridgehead atoms. The molecule has 1 aromatic carbocycles. The van der Waals surface area contributed by atoms with Crippen molar-refractivity contribution in [2.75, 3.05) is 6.54 Å². The van der Waals surface area contributed by atoms with Gasteiger partial charge in [-0.05, 0) is 54.5 Å². The van der Waals surface area contributed by atoms with Crippen molar-refractivity contribution < 1.29 is 22.7 Å². The number of pyridine rings is 1. The van der Waals surface area contributed by atoms with Gasteiger partial charge >= 0.3 is 6.09 Å². The predicted octanol–water partition coefficient (Wildman–Crippen LogP) is 5.45. The summed E-state index contributed by atoms with van der Waals surface area (Å²) in [5.41, 5.74) is 1.48. The molecular weight excluding hydrogens is 405 g/mol. The lowest BCUT2D eigenvalue weighted by molar-refractivity contribution is -0.0659. The van der Waals surface area contributed by atoms with Crippen LogP contribution in [0.3, 0.4) is 0 Å². The highest BCUT2D eigenvalue weighted by molar-refractivity contribution is 5.70. The minimum Gasteiger partial charge on any atom is -0.440 e. The van der Waals surface area contributed by atoms with E-state index in [-0.39, 0.29) is 36.4 Å². The van der Waals surface area contributed by atoms with E-state index in [0.717, 1.165) is 11.1 Å². The van der Waals surface area contributed by atoms with Crippen LogP contribution in [0.25, 0.3) is 17.2 Å². The largest absolute Gasteiger partial charge is 0.440 e. The van der Waals surface area contributed by atoms with Crippen LogP contribution in [0.1, 0.15) is 31.4 Å². The molecule has 162 valence electrons. The zero-order valence-electron chi connectivity index (χ0n) is 16.9. The van der Waals surface area contributed by atoms with Crippen molar-refractivity contribution in [1.29, 1.82) is 0 Å². The summed E-state index contributed by atoms with van der Waals surface area (Å²) < 4.78 is 47.1. The Kier molecular flexibility index (Phi) is 4.79. The van der Waals surface area contributed by atoms with Gasteiger partial charge in [-0.25, -0.2) is 18.0 Å². The molecule has 1 unspecified atom stereocenters.